The number of ether oxygens (including phenoxy) is 2. The van der Waals surface area contributed by atoms with Crippen LogP contribution in [0.25, 0.3) is 0 Å². The van der Waals surface area contributed by atoms with E-state index >= 15 is 0 Å². The van der Waals surface area contributed by atoms with Crippen molar-refractivity contribution in [3.8, 4) is 0 Å². The van der Waals surface area contributed by atoms with Gasteiger partial charge in [-0.15, -0.1) is 0 Å². The Balaban J connectivity index is -0.0000000625. The van der Waals surface area contributed by atoms with E-state index in [0.717, 1.165) is 0 Å². The molecule has 0 aliphatic carbocycles. The summed E-state index contributed by atoms with van der Waals surface area (Å²) in [5, 5.41) is 0. The fourth-order valence-corrected chi connectivity index (χ4v) is 0.741. The SMILES string of the molecule is CCOC(=S)S.CCOC(=S)S.[KH].[KH]. The summed E-state index contributed by atoms with van der Waals surface area (Å²) in [6.45, 7) is 4.95. The van der Waals surface area contributed by atoms with Crippen LogP contribution >= 0.6 is 49.7 Å². The second kappa shape index (κ2) is 22.0. The molecular weight excluding hydrogens is 311 g/mol. The first-order chi connectivity index (χ1) is 5.54. The zero-order valence-electron chi connectivity index (χ0n) is 6.94. The summed E-state index contributed by atoms with van der Waals surface area (Å²) in [5.74, 6) is 0. The minimum absolute atomic E-state index is 0. The number of thiocarbonyl (C=S) groups is 2. The van der Waals surface area contributed by atoms with E-state index in [2.05, 4.69) is 59.2 Å². The third-order valence-corrected chi connectivity index (χ3v) is 1.03. The summed E-state index contributed by atoms with van der Waals surface area (Å²) in [6, 6.07) is 0. The topological polar surface area (TPSA) is 18.5 Å². The first-order valence-corrected chi connectivity index (χ1v) is 4.97. The van der Waals surface area contributed by atoms with Crippen molar-refractivity contribution < 1.29 is 9.47 Å². The number of rotatable bonds is 2. The first kappa shape index (κ1) is 26.3. The third kappa shape index (κ3) is 36.0. The summed E-state index contributed by atoms with van der Waals surface area (Å²) >= 11 is 16.2. The maximum absolute atomic E-state index is 4.64. The van der Waals surface area contributed by atoms with Crippen LogP contribution in [-0.4, -0.2) is 125 Å². The Kier molecular flexibility index (Phi) is 41.4. The Labute approximate surface area is 193 Å². The molecule has 0 heterocycles. The van der Waals surface area contributed by atoms with Crippen LogP contribution in [0.15, 0.2) is 0 Å². The Morgan fingerprint density at radius 3 is 1.14 bits per heavy atom. The Bertz CT molecular complexity index is 130. The molecule has 0 aliphatic heterocycles. The molecular formula is C6H14K2O2S4. The fourth-order valence-electron chi connectivity index (χ4n) is 0.247. The van der Waals surface area contributed by atoms with E-state index in [9.17, 15) is 0 Å². The summed E-state index contributed by atoms with van der Waals surface area (Å²) in [5.41, 5.74) is 0. The summed E-state index contributed by atoms with van der Waals surface area (Å²) < 4.78 is 9.91. The molecule has 0 rings (SSSR count). The second-order valence-electron chi connectivity index (χ2n) is 1.40. The predicted octanol–water partition coefficient (Wildman–Crippen LogP) is 1.18. The molecule has 0 aromatic carbocycles. The van der Waals surface area contributed by atoms with Crippen LogP contribution in [0.4, 0.5) is 0 Å². The monoisotopic (exact) mass is 324 g/mol. The van der Waals surface area contributed by atoms with Gasteiger partial charge in [0.25, 0.3) is 0 Å². The van der Waals surface area contributed by atoms with E-state index in [-0.39, 0.29) is 103 Å². The van der Waals surface area contributed by atoms with Crippen LogP contribution in [-0.2, 0) is 9.47 Å². The van der Waals surface area contributed by atoms with Crippen molar-refractivity contribution in [3.63, 3.8) is 0 Å². The molecule has 8 heteroatoms. The number of thiol groups is 2. The molecule has 14 heavy (non-hydrogen) atoms. The molecule has 0 fully saturated rings. The van der Waals surface area contributed by atoms with Crippen LogP contribution in [0, 0.1) is 0 Å². The van der Waals surface area contributed by atoms with Gasteiger partial charge in [0.1, 0.15) is 0 Å². The van der Waals surface area contributed by atoms with E-state index in [1.54, 1.807) is 0 Å². The standard InChI is InChI=1S/2C3H6OS2.2K.2H/c2*1-2-4-3(5)6;;;;/h2*2H2,1H3,(H,5,6);;;;. The van der Waals surface area contributed by atoms with E-state index in [4.69, 9.17) is 0 Å². The molecule has 0 atom stereocenters. The zero-order chi connectivity index (χ0) is 9.98. The van der Waals surface area contributed by atoms with E-state index in [0.29, 0.717) is 22.0 Å². The average Bonchev–Trinajstić information content (AvgIpc) is 1.87. The molecule has 0 unspecified atom stereocenters. The van der Waals surface area contributed by atoms with E-state index in [1.807, 2.05) is 13.8 Å². The summed E-state index contributed by atoms with van der Waals surface area (Å²) in [4.78, 5) is 0. The maximum atomic E-state index is 4.64. The normalized spacial score (nSPS) is 6.57. The average molecular weight is 325 g/mol. The van der Waals surface area contributed by atoms with Crippen LogP contribution in [0.2, 0.25) is 0 Å². The molecule has 0 N–H and O–H groups in total. The Morgan fingerprint density at radius 1 is 0.929 bits per heavy atom. The van der Waals surface area contributed by atoms with Gasteiger partial charge in [-0.3, -0.25) is 0 Å². The molecule has 0 bridgehead atoms. The molecule has 0 aromatic rings. The van der Waals surface area contributed by atoms with Gasteiger partial charge in [0.05, 0.1) is 13.2 Å². The van der Waals surface area contributed by atoms with Gasteiger partial charge < -0.3 is 9.47 Å². The third-order valence-electron chi connectivity index (χ3n) is 0.536. The van der Waals surface area contributed by atoms with Crippen molar-refractivity contribution in [2.45, 2.75) is 13.8 Å². The van der Waals surface area contributed by atoms with Gasteiger partial charge in [-0.25, -0.2) is 0 Å². The van der Waals surface area contributed by atoms with Crippen LogP contribution < -0.4 is 0 Å². The van der Waals surface area contributed by atoms with Crippen molar-refractivity contribution in [2.75, 3.05) is 13.2 Å². The van der Waals surface area contributed by atoms with Crippen molar-refractivity contribution in [1.82, 2.24) is 0 Å². The molecule has 0 saturated heterocycles. The molecule has 0 amide bonds. The number of hydrogen-bond acceptors (Lipinski definition) is 4. The first-order valence-electron chi connectivity index (χ1n) is 3.26. The Morgan fingerprint density at radius 2 is 1.14 bits per heavy atom. The molecule has 0 saturated carbocycles. The quantitative estimate of drug-likeness (QED) is 0.451. The number of hydrogen-bond donors (Lipinski definition) is 2. The molecule has 76 valence electrons. The van der Waals surface area contributed by atoms with Crippen molar-refractivity contribution >= 4 is 161 Å². The van der Waals surface area contributed by atoms with Crippen molar-refractivity contribution in [1.29, 1.82) is 0 Å². The van der Waals surface area contributed by atoms with Crippen molar-refractivity contribution in [3.05, 3.63) is 0 Å². The zero-order valence-corrected chi connectivity index (χ0v) is 10.4. The van der Waals surface area contributed by atoms with Crippen LogP contribution in [0.5, 0.6) is 0 Å². The van der Waals surface area contributed by atoms with Crippen molar-refractivity contribution in [2.24, 2.45) is 0 Å². The van der Waals surface area contributed by atoms with Gasteiger partial charge in [-0.05, 0) is 38.3 Å². The summed E-state index contributed by atoms with van der Waals surface area (Å²) in [7, 11) is 0. The molecule has 0 aromatic heterocycles. The Hall–Kier alpha value is 3.75. The van der Waals surface area contributed by atoms with Gasteiger partial charge in [0.15, 0.2) is 0 Å². The van der Waals surface area contributed by atoms with E-state index < -0.39 is 0 Å². The van der Waals surface area contributed by atoms with Gasteiger partial charge >= 0.3 is 103 Å². The van der Waals surface area contributed by atoms with Gasteiger partial charge in [-0.1, -0.05) is 25.3 Å². The van der Waals surface area contributed by atoms with Crippen LogP contribution in [0.3, 0.4) is 0 Å². The summed E-state index contributed by atoms with van der Waals surface area (Å²) in [6.07, 6.45) is 0. The fraction of sp³-hybridized carbons (Fsp3) is 0.667. The van der Waals surface area contributed by atoms with Gasteiger partial charge in [0, 0.05) is 0 Å². The second-order valence-corrected chi connectivity index (χ2v) is 3.56. The van der Waals surface area contributed by atoms with Gasteiger partial charge in [0.2, 0.25) is 8.77 Å². The van der Waals surface area contributed by atoms with Gasteiger partial charge in [-0.2, -0.15) is 0 Å². The molecule has 0 spiro atoms. The molecule has 2 nitrogen and oxygen atoms in total. The predicted molar refractivity (Wildman–Crippen MR) is 80.7 cm³/mol. The molecule has 0 aliphatic rings. The van der Waals surface area contributed by atoms with E-state index in [1.165, 1.54) is 0 Å². The molecule has 0 radical (unpaired) electrons. The van der Waals surface area contributed by atoms with Crippen LogP contribution in [0.1, 0.15) is 13.8 Å². The minimum atomic E-state index is 0.